The summed E-state index contributed by atoms with van der Waals surface area (Å²) in [5, 5.41) is 17.1. The molecule has 11 nitrogen and oxygen atoms in total. The van der Waals surface area contributed by atoms with Crippen molar-refractivity contribution in [1.82, 2.24) is 34.7 Å². The van der Waals surface area contributed by atoms with Crippen LogP contribution in [0, 0.1) is 12.8 Å². The molecule has 36 heavy (non-hydrogen) atoms. The van der Waals surface area contributed by atoms with Gasteiger partial charge in [0.2, 0.25) is 5.95 Å². The Balaban J connectivity index is 1.28. The average Bonchev–Trinajstić information content (AvgIpc) is 3.55. The molecule has 2 N–H and O–H groups in total. The lowest BCUT2D eigenvalue weighted by Gasteiger charge is -2.27. The van der Waals surface area contributed by atoms with Crippen LogP contribution in [0.4, 0.5) is 5.95 Å². The smallest absolute Gasteiger partial charge is 0.306 e. The molecule has 2 aliphatic carbocycles. The van der Waals surface area contributed by atoms with Crippen molar-refractivity contribution in [3.8, 4) is 17.1 Å². The number of nitrogens with one attached hydrogen (secondary N) is 1. The molecule has 2 saturated carbocycles. The van der Waals surface area contributed by atoms with Crippen LogP contribution in [0.15, 0.2) is 18.7 Å². The summed E-state index contributed by atoms with van der Waals surface area (Å²) in [4.78, 5) is 33.9. The lowest BCUT2D eigenvalue weighted by atomic mass is 9.87. The number of carboxylic acid groups (broad SMARTS) is 1. The van der Waals surface area contributed by atoms with Gasteiger partial charge in [0.1, 0.15) is 12.2 Å². The third-order valence-corrected chi connectivity index (χ3v) is 7.23. The molecule has 190 valence electrons. The second kappa shape index (κ2) is 10.5. The van der Waals surface area contributed by atoms with E-state index >= 15 is 0 Å². The van der Waals surface area contributed by atoms with E-state index in [1.807, 2.05) is 14.0 Å². The van der Waals surface area contributed by atoms with Crippen molar-refractivity contribution < 1.29 is 14.6 Å². The van der Waals surface area contributed by atoms with E-state index in [1.165, 1.54) is 12.8 Å². The van der Waals surface area contributed by atoms with Crippen LogP contribution >= 0.6 is 0 Å². The van der Waals surface area contributed by atoms with E-state index in [9.17, 15) is 9.90 Å². The summed E-state index contributed by atoms with van der Waals surface area (Å²) < 4.78 is 7.90. The Hall–Kier alpha value is -3.63. The molecule has 5 rings (SSSR count). The van der Waals surface area contributed by atoms with E-state index in [2.05, 4.69) is 35.3 Å². The summed E-state index contributed by atoms with van der Waals surface area (Å²) >= 11 is 0. The zero-order valence-corrected chi connectivity index (χ0v) is 20.7. The summed E-state index contributed by atoms with van der Waals surface area (Å²) in [6.07, 6.45) is 12.5. The van der Waals surface area contributed by atoms with E-state index in [1.54, 1.807) is 23.4 Å². The van der Waals surface area contributed by atoms with Gasteiger partial charge in [-0.25, -0.2) is 19.9 Å². The first-order chi connectivity index (χ1) is 17.5. The summed E-state index contributed by atoms with van der Waals surface area (Å²) in [5.41, 5.74) is 2.43. The van der Waals surface area contributed by atoms with Gasteiger partial charge in [0, 0.05) is 13.0 Å². The first-order valence-electron chi connectivity index (χ1n) is 12.6. The SMILES string of the molecule is Cc1nc(-c2cnn(C)c2CNc2ncnc(C3CCCC3)n2)ncc1O[C@H]1CCC[C@H](C(=O)O)C1. The quantitative estimate of drug-likeness (QED) is 0.478. The molecule has 3 aromatic heterocycles. The number of hydrogen-bond acceptors (Lipinski definition) is 9. The van der Waals surface area contributed by atoms with Crippen LogP contribution in [0.3, 0.4) is 0 Å². The van der Waals surface area contributed by atoms with E-state index < -0.39 is 5.97 Å². The third kappa shape index (κ3) is 5.29. The predicted molar refractivity (Wildman–Crippen MR) is 131 cm³/mol. The van der Waals surface area contributed by atoms with Crippen molar-refractivity contribution in [3.05, 3.63) is 35.9 Å². The normalized spacial score (nSPS) is 20.4. The molecule has 0 saturated heterocycles. The van der Waals surface area contributed by atoms with E-state index in [4.69, 9.17) is 4.74 Å². The van der Waals surface area contributed by atoms with Gasteiger partial charge in [0.05, 0.1) is 47.9 Å². The molecule has 2 fully saturated rings. The molecule has 0 spiro atoms. The Bertz CT molecular complexity index is 1220. The van der Waals surface area contributed by atoms with Crippen LogP contribution in [-0.4, -0.2) is 51.9 Å². The Kier molecular flexibility index (Phi) is 7.06. The van der Waals surface area contributed by atoms with Gasteiger partial charge in [-0.1, -0.05) is 12.8 Å². The van der Waals surface area contributed by atoms with Crippen LogP contribution < -0.4 is 10.1 Å². The number of aryl methyl sites for hydroxylation is 2. The van der Waals surface area contributed by atoms with Gasteiger partial charge < -0.3 is 15.2 Å². The van der Waals surface area contributed by atoms with Crippen LogP contribution in [0.2, 0.25) is 0 Å². The van der Waals surface area contributed by atoms with Gasteiger partial charge >= 0.3 is 5.97 Å². The van der Waals surface area contributed by atoms with Gasteiger partial charge in [-0.3, -0.25) is 9.48 Å². The maximum absolute atomic E-state index is 11.4. The highest BCUT2D eigenvalue weighted by molar-refractivity contribution is 5.70. The molecular formula is C25H32N8O3. The summed E-state index contributed by atoms with van der Waals surface area (Å²) in [6, 6.07) is 0. The first-order valence-corrected chi connectivity index (χ1v) is 12.6. The van der Waals surface area contributed by atoms with Gasteiger partial charge in [-0.2, -0.15) is 10.1 Å². The molecule has 3 heterocycles. The zero-order valence-electron chi connectivity index (χ0n) is 20.7. The van der Waals surface area contributed by atoms with Gasteiger partial charge in [-0.05, 0) is 45.4 Å². The van der Waals surface area contributed by atoms with Crippen LogP contribution in [0.25, 0.3) is 11.4 Å². The average molecular weight is 493 g/mol. The highest BCUT2D eigenvalue weighted by Crippen LogP contribution is 2.32. The van der Waals surface area contributed by atoms with Crippen molar-refractivity contribution in [1.29, 1.82) is 0 Å². The molecule has 0 bridgehead atoms. The number of hydrogen-bond donors (Lipinski definition) is 2. The number of carbonyl (C=O) groups is 1. The molecule has 0 unspecified atom stereocenters. The van der Waals surface area contributed by atoms with Crippen LogP contribution in [0.5, 0.6) is 5.75 Å². The topological polar surface area (TPSA) is 141 Å². The number of nitrogens with zero attached hydrogens (tertiary/aromatic N) is 7. The van der Waals surface area contributed by atoms with E-state index in [-0.39, 0.29) is 12.0 Å². The third-order valence-electron chi connectivity index (χ3n) is 7.23. The maximum atomic E-state index is 11.4. The molecule has 2 atom stereocenters. The zero-order chi connectivity index (χ0) is 25.1. The Labute approximate surface area is 209 Å². The number of ether oxygens (including phenoxy) is 1. The highest BCUT2D eigenvalue weighted by Gasteiger charge is 2.29. The van der Waals surface area contributed by atoms with Crippen molar-refractivity contribution in [2.75, 3.05) is 5.32 Å². The molecule has 0 aromatic carbocycles. The Morgan fingerprint density at radius 3 is 2.72 bits per heavy atom. The second-order valence-electron chi connectivity index (χ2n) is 9.72. The maximum Gasteiger partial charge on any atom is 0.306 e. The van der Waals surface area contributed by atoms with Gasteiger partial charge in [0.15, 0.2) is 11.6 Å². The summed E-state index contributed by atoms with van der Waals surface area (Å²) in [6.45, 7) is 2.33. The number of aliphatic carboxylic acids is 1. The highest BCUT2D eigenvalue weighted by atomic mass is 16.5. The monoisotopic (exact) mass is 492 g/mol. The minimum atomic E-state index is -0.753. The molecule has 3 aromatic rings. The standard InChI is InChI=1S/C25H32N8O3/c1-15-21(36-18-9-5-8-17(10-18)24(34)35)13-26-23(31-15)19-11-30-33(2)20(19)12-27-25-29-14-28-22(32-25)16-6-3-4-7-16/h11,13-14,16-18H,3-10,12H2,1-2H3,(H,34,35)(H,27,28,29,32)/t17-,18-/m0/s1. The van der Waals surface area contributed by atoms with Crippen LogP contribution in [-0.2, 0) is 18.4 Å². The Morgan fingerprint density at radius 2 is 1.94 bits per heavy atom. The molecule has 0 amide bonds. The van der Waals surface area contributed by atoms with E-state index in [0.717, 1.165) is 42.8 Å². The fourth-order valence-electron chi connectivity index (χ4n) is 5.15. The number of carboxylic acids is 1. The number of anilines is 1. The summed E-state index contributed by atoms with van der Waals surface area (Å²) in [7, 11) is 1.88. The van der Waals surface area contributed by atoms with Crippen molar-refractivity contribution in [3.63, 3.8) is 0 Å². The largest absolute Gasteiger partial charge is 0.487 e. The molecule has 0 aliphatic heterocycles. The number of aromatic nitrogens is 7. The lowest BCUT2D eigenvalue weighted by Crippen LogP contribution is -2.29. The molecular weight excluding hydrogens is 460 g/mol. The van der Waals surface area contributed by atoms with Crippen molar-refractivity contribution in [2.24, 2.45) is 13.0 Å². The fourth-order valence-corrected chi connectivity index (χ4v) is 5.15. The number of rotatable bonds is 8. The summed E-state index contributed by atoms with van der Waals surface area (Å²) in [5.74, 6) is 1.86. The van der Waals surface area contributed by atoms with E-state index in [0.29, 0.717) is 48.5 Å². The lowest BCUT2D eigenvalue weighted by molar-refractivity contribution is -0.143. The molecule has 11 heteroatoms. The minimum Gasteiger partial charge on any atom is -0.487 e. The van der Waals surface area contributed by atoms with Crippen LogP contribution in [0.1, 0.15) is 74.5 Å². The van der Waals surface area contributed by atoms with Crippen molar-refractivity contribution in [2.45, 2.75) is 76.9 Å². The van der Waals surface area contributed by atoms with Gasteiger partial charge in [0.25, 0.3) is 0 Å². The Morgan fingerprint density at radius 1 is 1.11 bits per heavy atom. The van der Waals surface area contributed by atoms with Crippen molar-refractivity contribution >= 4 is 11.9 Å². The predicted octanol–water partition coefficient (Wildman–Crippen LogP) is 3.66. The van der Waals surface area contributed by atoms with Gasteiger partial charge in [-0.15, -0.1) is 0 Å². The second-order valence-corrected chi connectivity index (χ2v) is 9.72. The minimum absolute atomic E-state index is 0.138. The first kappa shape index (κ1) is 24.1. The molecule has 0 radical (unpaired) electrons. The fraction of sp³-hybridized carbons (Fsp3) is 0.560. The molecule has 2 aliphatic rings.